The SMILES string of the molecule is CC(C)C1CCN(C2(CN)CCN3CCCCC32)CC1. The second-order valence-corrected chi connectivity index (χ2v) is 7.67. The lowest BCUT2D eigenvalue weighted by molar-refractivity contribution is 0.00860. The molecule has 3 nitrogen and oxygen atoms in total. The van der Waals surface area contributed by atoms with Crippen LogP contribution in [0.25, 0.3) is 0 Å². The highest BCUT2D eigenvalue weighted by Crippen LogP contribution is 2.41. The number of nitrogens with zero attached hydrogens (tertiary/aromatic N) is 2. The van der Waals surface area contributed by atoms with Crippen LogP contribution in [-0.2, 0) is 0 Å². The Morgan fingerprint density at radius 3 is 2.45 bits per heavy atom. The summed E-state index contributed by atoms with van der Waals surface area (Å²) in [5, 5.41) is 0. The minimum Gasteiger partial charge on any atom is -0.329 e. The first-order valence-electron chi connectivity index (χ1n) is 8.86. The third-order valence-electron chi connectivity index (χ3n) is 6.53. The van der Waals surface area contributed by atoms with Crippen LogP contribution in [0.1, 0.15) is 52.4 Å². The maximum Gasteiger partial charge on any atom is 0.0498 e. The smallest absolute Gasteiger partial charge is 0.0498 e. The second kappa shape index (κ2) is 5.94. The zero-order chi connectivity index (χ0) is 14.2. The Balaban J connectivity index is 1.70. The van der Waals surface area contributed by atoms with Crippen molar-refractivity contribution in [2.45, 2.75) is 64.0 Å². The van der Waals surface area contributed by atoms with E-state index in [1.54, 1.807) is 0 Å². The first-order chi connectivity index (χ1) is 9.67. The van der Waals surface area contributed by atoms with Crippen LogP contribution in [0, 0.1) is 11.8 Å². The highest BCUT2D eigenvalue weighted by molar-refractivity contribution is 5.09. The van der Waals surface area contributed by atoms with E-state index in [9.17, 15) is 0 Å². The Morgan fingerprint density at radius 2 is 1.80 bits per heavy atom. The molecule has 0 aromatic carbocycles. The number of rotatable bonds is 3. The molecule has 20 heavy (non-hydrogen) atoms. The molecule has 116 valence electrons. The van der Waals surface area contributed by atoms with Crippen LogP contribution in [0.4, 0.5) is 0 Å². The van der Waals surface area contributed by atoms with Crippen molar-refractivity contribution in [3.05, 3.63) is 0 Å². The molecule has 0 aromatic heterocycles. The highest BCUT2D eigenvalue weighted by Gasteiger charge is 2.50. The van der Waals surface area contributed by atoms with E-state index < -0.39 is 0 Å². The molecule has 3 aliphatic rings. The molecule has 3 fully saturated rings. The summed E-state index contributed by atoms with van der Waals surface area (Å²) in [5.74, 6) is 1.78. The van der Waals surface area contributed by atoms with Gasteiger partial charge in [0.2, 0.25) is 0 Å². The summed E-state index contributed by atoms with van der Waals surface area (Å²) in [6, 6.07) is 0.747. The van der Waals surface area contributed by atoms with Gasteiger partial charge in [-0.05, 0) is 63.6 Å². The van der Waals surface area contributed by atoms with E-state index in [-0.39, 0.29) is 0 Å². The normalized spacial score (nSPS) is 37.5. The minimum absolute atomic E-state index is 0.308. The van der Waals surface area contributed by atoms with Crippen molar-refractivity contribution in [1.29, 1.82) is 0 Å². The number of hydrogen-bond donors (Lipinski definition) is 1. The lowest BCUT2D eigenvalue weighted by atomic mass is 9.79. The molecule has 2 unspecified atom stereocenters. The average Bonchev–Trinajstić information content (AvgIpc) is 2.87. The lowest BCUT2D eigenvalue weighted by Crippen LogP contribution is -2.63. The van der Waals surface area contributed by atoms with Crippen molar-refractivity contribution in [2.75, 3.05) is 32.7 Å². The van der Waals surface area contributed by atoms with Crippen molar-refractivity contribution >= 4 is 0 Å². The maximum absolute atomic E-state index is 6.33. The molecule has 3 heteroatoms. The largest absolute Gasteiger partial charge is 0.329 e. The van der Waals surface area contributed by atoms with Crippen molar-refractivity contribution < 1.29 is 0 Å². The molecule has 0 spiro atoms. The Morgan fingerprint density at radius 1 is 1.05 bits per heavy atom. The fourth-order valence-electron chi connectivity index (χ4n) is 5.12. The average molecular weight is 279 g/mol. The third-order valence-corrected chi connectivity index (χ3v) is 6.53. The quantitative estimate of drug-likeness (QED) is 0.860. The summed E-state index contributed by atoms with van der Waals surface area (Å²) in [4.78, 5) is 5.53. The van der Waals surface area contributed by atoms with Crippen molar-refractivity contribution in [2.24, 2.45) is 17.6 Å². The van der Waals surface area contributed by atoms with Crippen LogP contribution in [0.3, 0.4) is 0 Å². The molecular weight excluding hydrogens is 246 g/mol. The van der Waals surface area contributed by atoms with Gasteiger partial charge in [0.1, 0.15) is 0 Å². The standard InChI is InChI=1S/C17H33N3/c1-14(2)15-6-10-20(11-7-15)17(13-18)8-12-19-9-4-3-5-16(17)19/h14-16H,3-13,18H2,1-2H3. The molecule has 3 heterocycles. The van der Waals surface area contributed by atoms with Gasteiger partial charge in [-0.3, -0.25) is 9.80 Å². The number of likely N-dealkylation sites (tertiary alicyclic amines) is 1. The Hall–Kier alpha value is -0.120. The van der Waals surface area contributed by atoms with E-state index in [1.807, 2.05) is 0 Å². The fourth-order valence-corrected chi connectivity index (χ4v) is 5.12. The monoisotopic (exact) mass is 279 g/mol. The van der Waals surface area contributed by atoms with E-state index >= 15 is 0 Å². The van der Waals surface area contributed by atoms with Crippen LogP contribution < -0.4 is 5.73 Å². The molecular formula is C17H33N3. The van der Waals surface area contributed by atoms with Crippen molar-refractivity contribution in [3.63, 3.8) is 0 Å². The summed E-state index contributed by atoms with van der Waals surface area (Å²) in [6.07, 6.45) is 8.25. The fraction of sp³-hybridized carbons (Fsp3) is 1.00. The topological polar surface area (TPSA) is 32.5 Å². The second-order valence-electron chi connectivity index (χ2n) is 7.67. The summed E-state index contributed by atoms with van der Waals surface area (Å²) >= 11 is 0. The van der Waals surface area contributed by atoms with Gasteiger partial charge in [-0.25, -0.2) is 0 Å². The van der Waals surface area contributed by atoms with Crippen molar-refractivity contribution in [3.8, 4) is 0 Å². The molecule has 0 bridgehead atoms. The predicted molar refractivity (Wildman–Crippen MR) is 84.7 cm³/mol. The Bertz CT molecular complexity index is 322. The predicted octanol–water partition coefficient (Wildman–Crippen LogP) is 2.31. The van der Waals surface area contributed by atoms with E-state index in [1.165, 1.54) is 64.7 Å². The molecule has 3 aliphatic heterocycles. The molecule has 3 saturated heterocycles. The Kier molecular flexibility index (Phi) is 4.40. The third kappa shape index (κ3) is 2.42. The zero-order valence-corrected chi connectivity index (χ0v) is 13.5. The number of piperidine rings is 2. The van der Waals surface area contributed by atoms with Gasteiger partial charge in [0.15, 0.2) is 0 Å². The lowest BCUT2D eigenvalue weighted by Gasteiger charge is -2.50. The molecule has 3 rings (SSSR count). The van der Waals surface area contributed by atoms with E-state index in [0.717, 1.165) is 24.4 Å². The molecule has 0 aliphatic carbocycles. The molecule has 2 atom stereocenters. The van der Waals surface area contributed by atoms with Gasteiger partial charge in [0.05, 0.1) is 0 Å². The minimum atomic E-state index is 0.308. The first-order valence-corrected chi connectivity index (χ1v) is 8.86. The van der Waals surface area contributed by atoms with Gasteiger partial charge in [-0.2, -0.15) is 0 Å². The van der Waals surface area contributed by atoms with Crippen LogP contribution in [0.15, 0.2) is 0 Å². The van der Waals surface area contributed by atoms with Crippen LogP contribution in [-0.4, -0.2) is 54.1 Å². The molecule has 0 radical (unpaired) electrons. The first kappa shape index (κ1) is 14.8. The zero-order valence-electron chi connectivity index (χ0n) is 13.5. The number of fused-ring (bicyclic) bond motifs is 1. The molecule has 0 amide bonds. The van der Waals surface area contributed by atoms with Gasteiger partial charge in [0, 0.05) is 24.7 Å². The maximum atomic E-state index is 6.33. The van der Waals surface area contributed by atoms with Crippen LogP contribution in [0.2, 0.25) is 0 Å². The molecule has 0 aromatic rings. The molecule has 0 saturated carbocycles. The Labute approximate surface area is 124 Å². The van der Waals surface area contributed by atoms with Crippen LogP contribution >= 0.6 is 0 Å². The van der Waals surface area contributed by atoms with Crippen molar-refractivity contribution in [1.82, 2.24) is 9.80 Å². The van der Waals surface area contributed by atoms with Gasteiger partial charge in [0.25, 0.3) is 0 Å². The highest BCUT2D eigenvalue weighted by atomic mass is 15.3. The van der Waals surface area contributed by atoms with E-state index in [2.05, 4.69) is 23.6 Å². The summed E-state index contributed by atoms with van der Waals surface area (Å²) < 4.78 is 0. The van der Waals surface area contributed by atoms with Gasteiger partial charge >= 0.3 is 0 Å². The summed E-state index contributed by atoms with van der Waals surface area (Å²) in [5.41, 5.74) is 6.64. The van der Waals surface area contributed by atoms with E-state index in [0.29, 0.717) is 5.54 Å². The number of hydrogen-bond acceptors (Lipinski definition) is 3. The van der Waals surface area contributed by atoms with Gasteiger partial charge < -0.3 is 5.73 Å². The number of nitrogens with two attached hydrogens (primary N) is 1. The summed E-state index contributed by atoms with van der Waals surface area (Å²) in [7, 11) is 0. The summed E-state index contributed by atoms with van der Waals surface area (Å²) in [6.45, 7) is 10.8. The van der Waals surface area contributed by atoms with E-state index in [4.69, 9.17) is 5.73 Å². The van der Waals surface area contributed by atoms with Crippen LogP contribution in [0.5, 0.6) is 0 Å². The molecule has 2 N–H and O–H groups in total. The van der Waals surface area contributed by atoms with Gasteiger partial charge in [-0.1, -0.05) is 20.3 Å². The van der Waals surface area contributed by atoms with Gasteiger partial charge in [-0.15, -0.1) is 0 Å².